The highest BCUT2D eigenvalue weighted by atomic mass is 35.5. The summed E-state index contributed by atoms with van der Waals surface area (Å²) >= 11 is 5.79. The van der Waals surface area contributed by atoms with Crippen LogP contribution in [0.5, 0.6) is 0 Å². The van der Waals surface area contributed by atoms with Crippen molar-refractivity contribution in [3.05, 3.63) is 21.1 Å². The van der Waals surface area contributed by atoms with Crippen molar-refractivity contribution in [1.29, 1.82) is 0 Å². The number of unbranched alkanes of at least 4 members (excludes halogenated alkanes) is 1. The Hall–Kier alpha value is -1.43. The largest absolute Gasteiger partial charge is 0.351 e. The maximum Gasteiger partial charge on any atom is 0.332 e. The lowest BCUT2D eigenvalue weighted by Crippen LogP contribution is -2.26. The lowest BCUT2D eigenvalue weighted by Gasteiger charge is -2.21. The first-order valence-corrected chi connectivity index (χ1v) is 6.32. The smallest absolute Gasteiger partial charge is 0.332 e. The van der Waals surface area contributed by atoms with Crippen molar-refractivity contribution in [3.8, 4) is 0 Å². The van der Waals surface area contributed by atoms with Gasteiger partial charge < -0.3 is 4.90 Å². The molecule has 1 heterocycles. The molecule has 0 atom stereocenters. The molecule has 0 aliphatic heterocycles. The molecule has 0 saturated carbocycles. The summed E-state index contributed by atoms with van der Waals surface area (Å²) in [6, 6.07) is 0. The van der Waals surface area contributed by atoms with E-state index in [1.165, 1.54) is 0 Å². The number of hydrogen-bond acceptors (Lipinski definition) is 5. The Morgan fingerprint density at radius 2 is 2.06 bits per heavy atom. The van der Waals surface area contributed by atoms with Crippen LogP contribution in [0.15, 0.2) is 0 Å². The van der Waals surface area contributed by atoms with E-state index in [0.29, 0.717) is 18.1 Å². The van der Waals surface area contributed by atoms with Crippen LogP contribution in [0.1, 0.15) is 32.4 Å². The van der Waals surface area contributed by atoms with Crippen LogP contribution in [0.3, 0.4) is 0 Å². The quantitative estimate of drug-likeness (QED) is 0.452. The summed E-state index contributed by atoms with van der Waals surface area (Å²) < 4.78 is 0. The fourth-order valence-electron chi connectivity index (χ4n) is 1.72. The predicted molar refractivity (Wildman–Crippen MR) is 71.2 cm³/mol. The van der Waals surface area contributed by atoms with Crippen molar-refractivity contribution in [2.45, 2.75) is 33.6 Å². The van der Waals surface area contributed by atoms with E-state index in [-0.39, 0.29) is 11.0 Å². The zero-order valence-corrected chi connectivity index (χ0v) is 11.6. The zero-order chi connectivity index (χ0) is 13.7. The van der Waals surface area contributed by atoms with Crippen LogP contribution in [0.25, 0.3) is 0 Å². The first-order valence-electron chi connectivity index (χ1n) is 5.94. The fourth-order valence-corrected chi connectivity index (χ4v) is 1.92. The number of hydrogen-bond donors (Lipinski definition) is 0. The number of halogens is 1. The van der Waals surface area contributed by atoms with E-state index in [1.54, 1.807) is 6.92 Å². The summed E-state index contributed by atoms with van der Waals surface area (Å²) in [6.45, 7) is 6.95. The summed E-state index contributed by atoms with van der Waals surface area (Å²) in [7, 11) is 0. The van der Waals surface area contributed by atoms with E-state index in [2.05, 4.69) is 16.9 Å². The number of anilines is 1. The molecule has 0 bridgehead atoms. The van der Waals surface area contributed by atoms with Crippen LogP contribution >= 0.6 is 11.6 Å². The second kappa shape index (κ2) is 6.49. The zero-order valence-electron chi connectivity index (χ0n) is 10.8. The van der Waals surface area contributed by atoms with Crippen LogP contribution in [-0.2, 0) is 0 Å². The predicted octanol–water partition coefficient (Wildman–Crippen LogP) is 2.97. The molecule has 0 aliphatic rings. The molecule has 0 unspecified atom stereocenters. The lowest BCUT2D eigenvalue weighted by molar-refractivity contribution is -0.385. The molecule has 1 rings (SSSR count). The molecule has 0 saturated heterocycles. The van der Waals surface area contributed by atoms with Gasteiger partial charge in [-0.05, 0) is 31.9 Å². The Morgan fingerprint density at radius 1 is 1.39 bits per heavy atom. The van der Waals surface area contributed by atoms with Crippen LogP contribution in [-0.4, -0.2) is 28.0 Å². The van der Waals surface area contributed by atoms with Gasteiger partial charge in [-0.25, -0.2) is 4.98 Å². The molecule has 0 spiro atoms. The first-order chi connectivity index (χ1) is 8.51. The molecule has 0 aromatic carbocycles. The highest BCUT2D eigenvalue weighted by Crippen LogP contribution is 2.29. The Kier molecular flexibility index (Phi) is 5.27. The molecule has 1 aromatic rings. The van der Waals surface area contributed by atoms with Gasteiger partial charge in [0.25, 0.3) is 0 Å². The molecule has 0 fully saturated rings. The minimum absolute atomic E-state index is 0.0445. The monoisotopic (exact) mass is 272 g/mol. The van der Waals surface area contributed by atoms with E-state index in [9.17, 15) is 10.1 Å². The number of rotatable bonds is 6. The van der Waals surface area contributed by atoms with E-state index in [1.807, 2.05) is 11.8 Å². The van der Waals surface area contributed by atoms with Crippen molar-refractivity contribution in [2.24, 2.45) is 0 Å². The molecule has 1 aromatic heterocycles. The molecular weight excluding hydrogens is 256 g/mol. The topological polar surface area (TPSA) is 72.2 Å². The van der Waals surface area contributed by atoms with Gasteiger partial charge in [0.05, 0.1) is 4.92 Å². The third-order valence-electron chi connectivity index (χ3n) is 2.66. The van der Waals surface area contributed by atoms with Crippen molar-refractivity contribution < 1.29 is 4.92 Å². The molecule has 0 radical (unpaired) electrons. The minimum Gasteiger partial charge on any atom is -0.351 e. The first kappa shape index (κ1) is 14.6. The fraction of sp³-hybridized carbons (Fsp3) is 0.636. The van der Waals surface area contributed by atoms with Gasteiger partial charge in [-0.1, -0.05) is 13.3 Å². The van der Waals surface area contributed by atoms with Gasteiger partial charge in [-0.15, -0.1) is 0 Å². The van der Waals surface area contributed by atoms with Crippen LogP contribution in [0, 0.1) is 17.0 Å². The summed E-state index contributed by atoms with van der Waals surface area (Å²) in [5.74, 6) is 0.313. The average Bonchev–Trinajstić information content (AvgIpc) is 2.28. The molecule has 0 amide bonds. The molecule has 18 heavy (non-hydrogen) atoms. The molecular formula is C11H17ClN4O2. The summed E-state index contributed by atoms with van der Waals surface area (Å²) in [4.78, 5) is 20.4. The van der Waals surface area contributed by atoms with Crippen LogP contribution in [0.2, 0.25) is 5.28 Å². The number of nitrogens with zero attached hydrogens (tertiary/aromatic N) is 4. The maximum absolute atomic E-state index is 11.1. The Balaban J connectivity index is 3.22. The van der Waals surface area contributed by atoms with Crippen molar-refractivity contribution in [3.63, 3.8) is 0 Å². The third-order valence-corrected chi connectivity index (χ3v) is 2.83. The Bertz CT molecular complexity index is 439. The number of nitro groups is 1. The summed E-state index contributed by atoms with van der Waals surface area (Å²) in [6.07, 6.45) is 1.97. The van der Waals surface area contributed by atoms with Gasteiger partial charge in [-0.3, -0.25) is 10.1 Å². The van der Waals surface area contributed by atoms with Gasteiger partial charge in [0.15, 0.2) is 0 Å². The molecule has 6 nitrogen and oxygen atoms in total. The second-order valence-corrected chi connectivity index (χ2v) is 4.28. The van der Waals surface area contributed by atoms with Gasteiger partial charge >= 0.3 is 5.69 Å². The molecule has 100 valence electrons. The summed E-state index contributed by atoms with van der Waals surface area (Å²) in [5, 5.41) is 11.1. The van der Waals surface area contributed by atoms with Gasteiger partial charge in [0.1, 0.15) is 5.69 Å². The van der Waals surface area contributed by atoms with Crippen molar-refractivity contribution in [2.75, 3.05) is 18.0 Å². The van der Waals surface area contributed by atoms with Gasteiger partial charge in [0, 0.05) is 13.1 Å². The summed E-state index contributed by atoms with van der Waals surface area (Å²) in [5.41, 5.74) is 0.238. The molecule has 0 N–H and O–H groups in total. The molecule has 0 aliphatic carbocycles. The third kappa shape index (κ3) is 3.29. The number of aromatic nitrogens is 2. The Labute approximate surface area is 111 Å². The van der Waals surface area contributed by atoms with Crippen LogP contribution in [0.4, 0.5) is 11.5 Å². The molecule has 7 heteroatoms. The van der Waals surface area contributed by atoms with Gasteiger partial charge in [0.2, 0.25) is 11.1 Å². The van der Waals surface area contributed by atoms with E-state index >= 15 is 0 Å². The number of aryl methyl sites for hydroxylation is 1. The highest BCUT2D eigenvalue weighted by Gasteiger charge is 2.25. The second-order valence-electron chi connectivity index (χ2n) is 3.94. The standard InChI is InChI=1S/C11H17ClN4O2/c1-4-6-7-15(5-2)10-9(16(17)18)8(3)13-11(12)14-10/h4-7H2,1-3H3. The SMILES string of the molecule is CCCCN(CC)c1nc(Cl)nc(C)c1[N+](=O)[O-]. The highest BCUT2D eigenvalue weighted by molar-refractivity contribution is 6.28. The van der Waals surface area contributed by atoms with E-state index in [0.717, 1.165) is 19.4 Å². The van der Waals surface area contributed by atoms with Crippen molar-refractivity contribution >= 4 is 23.1 Å². The van der Waals surface area contributed by atoms with E-state index < -0.39 is 4.92 Å². The maximum atomic E-state index is 11.1. The average molecular weight is 273 g/mol. The Morgan fingerprint density at radius 3 is 2.56 bits per heavy atom. The lowest BCUT2D eigenvalue weighted by atomic mass is 10.3. The van der Waals surface area contributed by atoms with E-state index in [4.69, 9.17) is 11.6 Å². The normalized spacial score (nSPS) is 10.4. The van der Waals surface area contributed by atoms with Crippen molar-refractivity contribution in [1.82, 2.24) is 9.97 Å². The van der Waals surface area contributed by atoms with Gasteiger partial charge in [-0.2, -0.15) is 4.98 Å². The minimum atomic E-state index is -0.449. The van der Waals surface area contributed by atoms with Crippen LogP contribution < -0.4 is 4.90 Å².